The van der Waals surface area contributed by atoms with Crippen LogP contribution in [0.15, 0.2) is 30.6 Å². The number of carbonyl (C=O) groups is 1. The Kier molecular flexibility index (Phi) is 7.59. The molecule has 1 aliphatic heterocycles. The number of benzene rings is 1. The van der Waals surface area contributed by atoms with E-state index in [0.29, 0.717) is 21.7 Å². The molecular weight excluding hydrogens is 623 g/mol. The van der Waals surface area contributed by atoms with E-state index in [1.807, 2.05) is 26.8 Å². The van der Waals surface area contributed by atoms with Crippen molar-refractivity contribution in [2.24, 2.45) is 10.8 Å². The highest BCUT2D eigenvalue weighted by atomic mass is 32.1. The molecule has 12 heteroatoms. The Balaban J connectivity index is 0.981. The monoisotopic (exact) mass is 663 g/mol. The lowest BCUT2D eigenvalue weighted by Gasteiger charge is -2.71. The van der Waals surface area contributed by atoms with Crippen LogP contribution in [0.1, 0.15) is 74.6 Å². The zero-order chi connectivity index (χ0) is 33.4. The molecule has 0 unspecified atom stereocenters. The van der Waals surface area contributed by atoms with E-state index in [-0.39, 0.29) is 27.8 Å². The Hall–Kier alpha value is -3.69. The zero-order valence-electron chi connectivity index (χ0n) is 27.2. The van der Waals surface area contributed by atoms with Gasteiger partial charge in [0.1, 0.15) is 28.7 Å². The van der Waals surface area contributed by atoms with E-state index in [1.165, 1.54) is 17.5 Å². The number of piperidine rings is 1. The molecule has 3 aromatic heterocycles. The van der Waals surface area contributed by atoms with Gasteiger partial charge in [0.2, 0.25) is 5.91 Å². The van der Waals surface area contributed by atoms with Gasteiger partial charge in [-0.2, -0.15) is 18.4 Å². The fourth-order valence-corrected chi connectivity index (χ4v) is 9.02. The van der Waals surface area contributed by atoms with Crippen LogP contribution >= 0.6 is 11.3 Å². The number of thiophene rings is 1. The van der Waals surface area contributed by atoms with Crippen LogP contribution in [0.3, 0.4) is 0 Å². The Morgan fingerprint density at radius 2 is 1.83 bits per heavy atom. The molecule has 4 aliphatic rings. The number of rotatable bonds is 8. The lowest BCUT2D eigenvalue weighted by molar-refractivity contribution is -0.175. The first-order valence-electron chi connectivity index (χ1n) is 16.3. The molecule has 2 bridgehead atoms. The summed E-state index contributed by atoms with van der Waals surface area (Å²) in [6, 6.07) is 10.5. The van der Waals surface area contributed by atoms with Crippen molar-refractivity contribution < 1.29 is 18.0 Å². The number of nitrogens with zero attached hydrogens (tertiary/aromatic N) is 5. The van der Waals surface area contributed by atoms with Gasteiger partial charge in [0.15, 0.2) is 0 Å². The van der Waals surface area contributed by atoms with Crippen LogP contribution in [-0.2, 0) is 24.3 Å². The smallest absolute Gasteiger partial charge is 0.367 e. The summed E-state index contributed by atoms with van der Waals surface area (Å²) in [6.07, 6.45) is 0.860. The standard InChI is InChI=1S/C35H40F3N7OS/c1-21-22(15-44-9-7-23(8-10-44)42-29-27-12-25(13-35(36,37)38)47-30(27)41-20-40-29)5-6-28-26(21)11-24(14-39)45(28)19-33-16-34(17-33,18-33)43-31(46)32(2,3)4/h5-6,11-12,20,23H,7-10,13,15-19H2,1-4H3,(H,43,46)(H,40,41,42). The molecule has 1 amide bonds. The third kappa shape index (κ3) is 6.08. The number of carbonyl (C=O) groups excluding carboxylic acids is 1. The number of nitrogens with one attached hydrogen (secondary N) is 2. The Morgan fingerprint density at radius 3 is 2.49 bits per heavy atom. The maximum atomic E-state index is 12.9. The van der Waals surface area contributed by atoms with Crippen molar-refractivity contribution in [2.75, 3.05) is 18.4 Å². The average molecular weight is 664 g/mol. The minimum Gasteiger partial charge on any atom is -0.367 e. The van der Waals surface area contributed by atoms with Gasteiger partial charge >= 0.3 is 6.18 Å². The summed E-state index contributed by atoms with van der Waals surface area (Å²) in [7, 11) is 0. The highest BCUT2D eigenvalue weighted by Crippen LogP contribution is 2.68. The summed E-state index contributed by atoms with van der Waals surface area (Å²) in [6.45, 7) is 11.3. The largest absolute Gasteiger partial charge is 0.393 e. The number of halogens is 3. The fraction of sp³-hybridized carbons (Fsp3) is 0.543. The number of nitriles is 1. The topological polar surface area (TPSA) is 98.9 Å². The summed E-state index contributed by atoms with van der Waals surface area (Å²) in [5, 5.41) is 18.6. The Morgan fingerprint density at radius 1 is 1.11 bits per heavy atom. The maximum absolute atomic E-state index is 12.9. The SMILES string of the molecule is Cc1c(CN2CCC(Nc3ncnc4sc(CC(F)(F)F)cc34)CC2)ccc2c1cc(C#N)n2CC12CC(NC(=O)C(C)(C)C)(C1)C2. The van der Waals surface area contributed by atoms with E-state index in [4.69, 9.17) is 0 Å². The third-order valence-corrected chi connectivity index (χ3v) is 11.4. The van der Waals surface area contributed by atoms with Crippen molar-refractivity contribution >= 4 is 44.2 Å². The second-order valence-corrected chi connectivity index (χ2v) is 16.3. The van der Waals surface area contributed by atoms with Crippen molar-refractivity contribution in [3.63, 3.8) is 0 Å². The van der Waals surface area contributed by atoms with Crippen LogP contribution in [0.25, 0.3) is 21.1 Å². The summed E-state index contributed by atoms with van der Waals surface area (Å²) in [5.74, 6) is 0.700. The molecule has 4 fully saturated rings. The van der Waals surface area contributed by atoms with Crippen molar-refractivity contribution in [3.05, 3.63) is 52.3 Å². The predicted octanol–water partition coefficient (Wildman–Crippen LogP) is 7.09. The van der Waals surface area contributed by atoms with Crippen LogP contribution in [0.5, 0.6) is 0 Å². The molecule has 2 N–H and O–H groups in total. The van der Waals surface area contributed by atoms with E-state index in [9.17, 15) is 23.2 Å². The molecule has 0 atom stereocenters. The van der Waals surface area contributed by atoms with E-state index in [0.717, 1.165) is 80.5 Å². The van der Waals surface area contributed by atoms with Crippen molar-refractivity contribution in [1.82, 2.24) is 24.8 Å². The van der Waals surface area contributed by atoms with Crippen molar-refractivity contribution in [2.45, 2.75) is 97.1 Å². The number of amides is 1. The molecule has 3 aliphatic carbocycles. The lowest BCUT2D eigenvalue weighted by Crippen LogP contribution is -2.76. The minimum absolute atomic E-state index is 0.0722. The molecule has 1 aromatic carbocycles. The van der Waals surface area contributed by atoms with Gasteiger partial charge in [-0.3, -0.25) is 9.69 Å². The van der Waals surface area contributed by atoms with Crippen molar-refractivity contribution in [1.29, 1.82) is 5.26 Å². The van der Waals surface area contributed by atoms with E-state index < -0.39 is 18.0 Å². The van der Waals surface area contributed by atoms with Crippen LogP contribution in [-0.4, -0.2) is 56.2 Å². The van der Waals surface area contributed by atoms with Crippen molar-refractivity contribution in [3.8, 4) is 6.07 Å². The second kappa shape index (κ2) is 11.2. The van der Waals surface area contributed by atoms with Gasteiger partial charge in [-0.05, 0) is 73.8 Å². The predicted molar refractivity (Wildman–Crippen MR) is 177 cm³/mol. The number of anilines is 1. The number of likely N-dealkylation sites (tertiary alicyclic amines) is 1. The van der Waals surface area contributed by atoms with Gasteiger partial charge in [0.25, 0.3) is 0 Å². The highest BCUT2D eigenvalue weighted by Gasteiger charge is 2.68. The first-order valence-corrected chi connectivity index (χ1v) is 17.1. The number of hydrogen-bond acceptors (Lipinski definition) is 7. The summed E-state index contributed by atoms with van der Waals surface area (Å²) in [4.78, 5) is 24.4. The fourth-order valence-electron chi connectivity index (χ4n) is 7.99. The molecule has 4 heterocycles. The second-order valence-electron chi connectivity index (χ2n) is 15.2. The van der Waals surface area contributed by atoms with Crippen LogP contribution in [0.2, 0.25) is 0 Å². The highest BCUT2D eigenvalue weighted by molar-refractivity contribution is 7.18. The number of aryl methyl sites for hydroxylation is 1. The summed E-state index contributed by atoms with van der Waals surface area (Å²) in [5.41, 5.74) is 3.87. The van der Waals surface area contributed by atoms with Gasteiger partial charge in [-0.1, -0.05) is 26.8 Å². The van der Waals surface area contributed by atoms with Gasteiger partial charge in [-0.25, -0.2) is 9.97 Å². The lowest BCUT2D eigenvalue weighted by atomic mass is 9.39. The number of fused-ring (bicyclic) bond motifs is 2. The van der Waals surface area contributed by atoms with E-state index in [2.05, 4.69) is 55.2 Å². The third-order valence-electron chi connectivity index (χ3n) is 10.4. The molecule has 0 spiro atoms. The molecule has 8 rings (SSSR count). The van der Waals surface area contributed by atoms with E-state index >= 15 is 0 Å². The van der Waals surface area contributed by atoms with E-state index in [1.54, 1.807) is 6.07 Å². The van der Waals surface area contributed by atoms with Gasteiger partial charge < -0.3 is 15.2 Å². The first kappa shape index (κ1) is 31.9. The molecule has 4 aromatic rings. The van der Waals surface area contributed by atoms with Crippen LogP contribution in [0, 0.1) is 29.1 Å². The van der Waals surface area contributed by atoms with Gasteiger partial charge in [0.05, 0.1) is 11.8 Å². The minimum atomic E-state index is -4.26. The summed E-state index contributed by atoms with van der Waals surface area (Å²) >= 11 is 1.07. The van der Waals surface area contributed by atoms with Gasteiger partial charge in [0, 0.05) is 59.0 Å². The maximum Gasteiger partial charge on any atom is 0.393 e. The number of alkyl halides is 3. The number of aromatic nitrogens is 3. The van der Waals surface area contributed by atoms with Gasteiger partial charge in [-0.15, -0.1) is 11.3 Å². The summed E-state index contributed by atoms with van der Waals surface area (Å²) < 4.78 is 41.0. The average Bonchev–Trinajstić information content (AvgIpc) is 3.53. The Bertz CT molecular complexity index is 1890. The number of hydrogen-bond donors (Lipinski definition) is 2. The normalized spacial score (nSPS) is 23.4. The first-order chi connectivity index (χ1) is 22.1. The molecule has 8 nitrogen and oxygen atoms in total. The molecule has 1 saturated heterocycles. The Labute approximate surface area is 276 Å². The quantitative estimate of drug-likeness (QED) is 0.209. The zero-order valence-corrected chi connectivity index (χ0v) is 28.0. The molecule has 47 heavy (non-hydrogen) atoms. The molecular formula is C35H40F3N7OS. The van der Waals surface area contributed by atoms with Crippen LogP contribution in [0.4, 0.5) is 19.0 Å². The molecule has 248 valence electrons. The molecule has 3 saturated carbocycles. The van der Waals surface area contributed by atoms with Crippen LogP contribution < -0.4 is 10.6 Å². The molecule has 0 radical (unpaired) electrons.